The van der Waals surface area contributed by atoms with E-state index in [4.69, 9.17) is 10.3 Å². The molecule has 5 heteroatoms. The van der Waals surface area contributed by atoms with Crippen LogP contribution < -0.4 is 11.1 Å². The van der Waals surface area contributed by atoms with Crippen LogP contribution in [0.3, 0.4) is 0 Å². The van der Waals surface area contributed by atoms with Crippen LogP contribution in [0, 0.1) is 6.92 Å². The molecule has 0 aliphatic carbocycles. The van der Waals surface area contributed by atoms with Crippen LogP contribution in [-0.2, 0) is 6.54 Å². The molecular weight excluding hydrogens is 252 g/mol. The third-order valence-electron chi connectivity index (χ3n) is 2.90. The van der Waals surface area contributed by atoms with Gasteiger partial charge < -0.3 is 15.6 Å². The zero-order chi connectivity index (χ0) is 14.5. The summed E-state index contributed by atoms with van der Waals surface area (Å²) in [6.07, 6.45) is 0. The highest BCUT2D eigenvalue weighted by molar-refractivity contribution is 5.92. The maximum Gasteiger partial charge on any atom is 0.193 e. The van der Waals surface area contributed by atoms with Gasteiger partial charge in [-0.2, -0.15) is 0 Å². The minimum atomic E-state index is 0.347. The van der Waals surface area contributed by atoms with E-state index in [0.717, 1.165) is 11.4 Å². The smallest absolute Gasteiger partial charge is 0.193 e. The van der Waals surface area contributed by atoms with E-state index in [1.165, 1.54) is 5.56 Å². The summed E-state index contributed by atoms with van der Waals surface area (Å²) >= 11 is 0. The Morgan fingerprint density at radius 1 is 1.35 bits per heavy atom. The van der Waals surface area contributed by atoms with Crippen LogP contribution in [0.1, 0.15) is 36.8 Å². The Bertz CT molecular complexity index is 584. The van der Waals surface area contributed by atoms with Crippen molar-refractivity contribution in [3.63, 3.8) is 0 Å². The summed E-state index contributed by atoms with van der Waals surface area (Å²) in [7, 11) is 0. The third kappa shape index (κ3) is 3.85. The average Bonchev–Trinajstić information content (AvgIpc) is 2.88. The van der Waals surface area contributed by atoms with E-state index in [1.54, 1.807) is 0 Å². The third-order valence-corrected chi connectivity index (χ3v) is 2.90. The number of anilines is 1. The van der Waals surface area contributed by atoms with Crippen LogP contribution in [0.15, 0.2) is 39.8 Å². The molecule has 2 aromatic rings. The molecule has 106 valence electrons. The normalized spacial score (nSPS) is 11.9. The molecule has 0 unspecified atom stereocenters. The molecule has 2 rings (SSSR count). The Balaban J connectivity index is 1.94. The summed E-state index contributed by atoms with van der Waals surface area (Å²) in [6.45, 7) is 6.55. The Hall–Kier alpha value is -2.30. The molecule has 1 heterocycles. The molecule has 0 aliphatic rings. The van der Waals surface area contributed by atoms with Crippen LogP contribution in [0.25, 0.3) is 0 Å². The second kappa shape index (κ2) is 6.23. The molecule has 0 bridgehead atoms. The minimum Gasteiger partial charge on any atom is -0.370 e. The van der Waals surface area contributed by atoms with Crippen LogP contribution in [-0.4, -0.2) is 11.1 Å². The first-order valence-electron chi connectivity index (χ1n) is 6.63. The van der Waals surface area contributed by atoms with E-state index >= 15 is 0 Å². The van der Waals surface area contributed by atoms with Crippen LogP contribution in [0.5, 0.6) is 0 Å². The number of aromatic nitrogens is 1. The van der Waals surface area contributed by atoms with Crippen molar-refractivity contribution in [1.29, 1.82) is 0 Å². The molecule has 0 fully saturated rings. The standard InChI is InChI=1S/C15H20N4O/c1-10(2)14-8-13(20-19-14)9-17-15(16)18-12-6-4-11(3)5-7-12/h4-8,10H,9H2,1-3H3,(H3,16,17,18). The van der Waals surface area contributed by atoms with E-state index in [-0.39, 0.29) is 0 Å². The van der Waals surface area contributed by atoms with Crippen molar-refractivity contribution in [2.45, 2.75) is 33.2 Å². The van der Waals surface area contributed by atoms with E-state index < -0.39 is 0 Å². The van der Waals surface area contributed by atoms with Crippen molar-refractivity contribution in [3.05, 3.63) is 47.3 Å². The lowest BCUT2D eigenvalue weighted by Crippen LogP contribution is -2.22. The molecular formula is C15H20N4O. The van der Waals surface area contributed by atoms with Gasteiger partial charge in [0.15, 0.2) is 11.7 Å². The quantitative estimate of drug-likeness (QED) is 0.662. The maximum atomic E-state index is 5.84. The summed E-state index contributed by atoms with van der Waals surface area (Å²) < 4.78 is 5.20. The number of nitrogens with two attached hydrogens (primary N) is 1. The SMILES string of the molecule is Cc1ccc(NC(N)=NCc2cc(C(C)C)no2)cc1. The lowest BCUT2D eigenvalue weighted by atomic mass is 10.1. The first-order chi connectivity index (χ1) is 9.54. The van der Waals surface area contributed by atoms with Gasteiger partial charge in [0, 0.05) is 11.8 Å². The summed E-state index contributed by atoms with van der Waals surface area (Å²) in [5, 5.41) is 7.02. The molecule has 3 N–H and O–H groups in total. The number of aryl methyl sites for hydroxylation is 1. The number of nitrogens with zero attached hydrogens (tertiary/aromatic N) is 2. The molecule has 1 aromatic carbocycles. The summed E-state index contributed by atoms with van der Waals surface area (Å²) in [6, 6.07) is 9.86. The van der Waals surface area contributed by atoms with Gasteiger partial charge in [-0.3, -0.25) is 0 Å². The molecule has 20 heavy (non-hydrogen) atoms. The lowest BCUT2D eigenvalue weighted by Gasteiger charge is -2.05. The van der Waals surface area contributed by atoms with Crippen molar-refractivity contribution < 1.29 is 4.52 Å². The zero-order valence-electron chi connectivity index (χ0n) is 12.1. The Morgan fingerprint density at radius 2 is 2.05 bits per heavy atom. The number of aliphatic imine (C=N–C) groups is 1. The first kappa shape index (κ1) is 14.1. The Kier molecular flexibility index (Phi) is 4.40. The maximum absolute atomic E-state index is 5.84. The topological polar surface area (TPSA) is 76.4 Å². The monoisotopic (exact) mass is 272 g/mol. The largest absolute Gasteiger partial charge is 0.370 e. The van der Waals surface area contributed by atoms with Crippen LogP contribution in [0.4, 0.5) is 5.69 Å². The van der Waals surface area contributed by atoms with Gasteiger partial charge in [0.2, 0.25) is 0 Å². The molecule has 0 amide bonds. The second-order valence-electron chi connectivity index (χ2n) is 5.07. The zero-order valence-corrected chi connectivity index (χ0v) is 12.1. The van der Waals surface area contributed by atoms with Gasteiger partial charge in [0.05, 0.1) is 5.69 Å². The van der Waals surface area contributed by atoms with Crippen molar-refractivity contribution in [2.75, 3.05) is 5.32 Å². The highest BCUT2D eigenvalue weighted by Crippen LogP contribution is 2.14. The molecule has 0 radical (unpaired) electrons. The second-order valence-corrected chi connectivity index (χ2v) is 5.07. The van der Waals surface area contributed by atoms with Gasteiger partial charge in [-0.25, -0.2) is 4.99 Å². The number of hydrogen-bond acceptors (Lipinski definition) is 3. The van der Waals surface area contributed by atoms with E-state index in [9.17, 15) is 0 Å². The molecule has 5 nitrogen and oxygen atoms in total. The van der Waals surface area contributed by atoms with E-state index in [0.29, 0.717) is 24.2 Å². The van der Waals surface area contributed by atoms with Crippen molar-refractivity contribution >= 4 is 11.6 Å². The number of rotatable bonds is 4. The number of hydrogen-bond donors (Lipinski definition) is 2. The van der Waals surface area contributed by atoms with Gasteiger partial charge in [-0.05, 0) is 25.0 Å². The first-order valence-corrected chi connectivity index (χ1v) is 6.63. The van der Waals surface area contributed by atoms with Gasteiger partial charge in [0.25, 0.3) is 0 Å². The molecule has 1 aromatic heterocycles. The Morgan fingerprint density at radius 3 is 2.65 bits per heavy atom. The number of benzene rings is 1. The highest BCUT2D eigenvalue weighted by atomic mass is 16.5. The molecule has 0 spiro atoms. The highest BCUT2D eigenvalue weighted by Gasteiger charge is 2.07. The molecule has 0 atom stereocenters. The van der Waals surface area contributed by atoms with Gasteiger partial charge in [0.1, 0.15) is 6.54 Å². The Labute approximate surface area is 118 Å². The van der Waals surface area contributed by atoms with Crippen LogP contribution >= 0.6 is 0 Å². The number of guanidine groups is 1. The van der Waals surface area contributed by atoms with Crippen molar-refractivity contribution in [1.82, 2.24) is 5.16 Å². The molecule has 0 saturated carbocycles. The van der Waals surface area contributed by atoms with Crippen molar-refractivity contribution in [2.24, 2.45) is 10.7 Å². The van der Waals surface area contributed by atoms with Crippen LogP contribution in [0.2, 0.25) is 0 Å². The molecule has 0 saturated heterocycles. The predicted molar refractivity (Wildman–Crippen MR) is 80.7 cm³/mol. The molecule has 0 aliphatic heterocycles. The van der Waals surface area contributed by atoms with Crippen molar-refractivity contribution in [3.8, 4) is 0 Å². The predicted octanol–water partition coefficient (Wildman–Crippen LogP) is 3.03. The van der Waals surface area contributed by atoms with Gasteiger partial charge in [-0.15, -0.1) is 0 Å². The van der Waals surface area contributed by atoms with Gasteiger partial charge >= 0.3 is 0 Å². The lowest BCUT2D eigenvalue weighted by molar-refractivity contribution is 0.376. The fraction of sp³-hybridized carbons (Fsp3) is 0.333. The fourth-order valence-corrected chi connectivity index (χ4v) is 1.66. The average molecular weight is 272 g/mol. The van der Waals surface area contributed by atoms with E-state index in [2.05, 4.69) is 29.3 Å². The fourth-order valence-electron chi connectivity index (χ4n) is 1.66. The van der Waals surface area contributed by atoms with Gasteiger partial charge in [-0.1, -0.05) is 36.7 Å². The summed E-state index contributed by atoms with van der Waals surface area (Å²) in [4.78, 5) is 4.23. The minimum absolute atomic E-state index is 0.347. The summed E-state index contributed by atoms with van der Waals surface area (Å²) in [5.74, 6) is 1.42. The summed E-state index contributed by atoms with van der Waals surface area (Å²) in [5.41, 5.74) is 8.88. The number of nitrogens with one attached hydrogen (secondary N) is 1. The van der Waals surface area contributed by atoms with E-state index in [1.807, 2.05) is 37.3 Å².